The predicted molar refractivity (Wildman–Crippen MR) is 86.4 cm³/mol. The van der Waals surface area contributed by atoms with Crippen molar-refractivity contribution in [1.82, 2.24) is 14.5 Å². The van der Waals surface area contributed by atoms with E-state index in [1.165, 1.54) is 36.1 Å². The first-order valence-corrected chi connectivity index (χ1v) is 8.55. The predicted octanol–water partition coefficient (Wildman–Crippen LogP) is 1.15. The van der Waals surface area contributed by atoms with E-state index in [-0.39, 0.29) is 4.90 Å². The van der Waals surface area contributed by atoms with Crippen LogP contribution >= 0.6 is 0 Å². The summed E-state index contributed by atoms with van der Waals surface area (Å²) in [4.78, 5) is 11.6. The molecule has 1 unspecified atom stereocenters. The van der Waals surface area contributed by atoms with E-state index >= 15 is 0 Å². The fraction of sp³-hybridized carbons (Fsp3) is 0.333. The number of carbonyl (C=O) groups is 1. The van der Waals surface area contributed by atoms with Crippen LogP contribution in [0.1, 0.15) is 23.0 Å². The van der Waals surface area contributed by atoms with Gasteiger partial charge in [0.2, 0.25) is 10.0 Å². The summed E-state index contributed by atoms with van der Waals surface area (Å²) in [6.45, 7) is 3.33. The summed E-state index contributed by atoms with van der Waals surface area (Å²) < 4.78 is 33.8. The van der Waals surface area contributed by atoms with Gasteiger partial charge >= 0.3 is 5.97 Å². The van der Waals surface area contributed by atoms with Gasteiger partial charge < -0.3 is 9.84 Å². The normalized spacial score (nSPS) is 12.8. The van der Waals surface area contributed by atoms with Gasteiger partial charge in [0, 0.05) is 18.3 Å². The maximum atomic E-state index is 12.5. The van der Waals surface area contributed by atoms with E-state index in [4.69, 9.17) is 4.74 Å². The van der Waals surface area contributed by atoms with Crippen molar-refractivity contribution in [3.8, 4) is 5.75 Å². The molecule has 2 rings (SSSR count). The number of hydrogen-bond acceptors (Lipinski definition) is 5. The third kappa shape index (κ3) is 3.41. The lowest BCUT2D eigenvalue weighted by Crippen LogP contribution is -2.34. The van der Waals surface area contributed by atoms with E-state index < -0.39 is 22.0 Å². The van der Waals surface area contributed by atoms with Crippen LogP contribution in [0.2, 0.25) is 0 Å². The molecular weight excluding hydrogens is 334 g/mol. The number of aromatic nitrogens is 2. The van der Waals surface area contributed by atoms with Gasteiger partial charge in [0.1, 0.15) is 11.8 Å². The van der Waals surface area contributed by atoms with Crippen LogP contribution in [0.15, 0.2) is 29.2 Å². The number of aliphatic carboxylic acids is 1. The van der Waals surface area contributed by atoms with Gasteiger partial charge in [-0.3, -0.25) is 9.48 Å². The monoisotopic (exact) mass is 353 g/mol. The van der Waals surface area contributed by atoms with Crippen LogP contribution in [-0.2, 0) is 21.9 Å². The van der Waals surface area contributed by atoms with Crippen LogP contribution in [0.5, 0.6) is 5.75 Å². The highest BCUT2D eigenvalue weighted by Gasteiger charge is 2.31. The number of ether oxygens (including phenoxy) is 1. The molecule has 0 bridgehead atoms. The third-order valence-corrected chi connectivity index (χ3v) is 5.18. The Balaban J connectivity index is 2.41. The number of benzene rings is 1. The molecule has 24 heavy (non-hydrogen) atoms. The highest BCUT2D eigenvalue weighted by Crippen LogP contribution is 2.24. The van der Waals surface area contributed by atoms with Crippen molar-refractivity contribution in [1.29, 1.82) is 0 Å². The highest BCUT2D eigenvalue weighted by molar-refractivity contribution is 7.89. The number of carboxylic acids is 1. The quantitative estimate of drug-likeness (QED) is 0.806. The molecule has 1 aromatic heterocycles. The number of methoxy groups -OCH3 is 1. The zero-order valence-corrected chi connectivity index (χ0v) is 14.6. The number of sulfonamides is 1. The average Bonchev–Trinajstić information content (AvgIpc) is 2.78. The molecule has 0 fully saturated rings. The largest absolute Gasteiger partial charge is 0.497 e. The van der Waals surface area contributed by atoms with Crippen molar-refractivity contribution in [2.24, 2.45) is 7.05 Å². The molecule has 0 radical (unpaired) electrons. The Kier molecular flexibility index (Phi) is 4.95. The molecule has 0 aliphatic carbocycles. The Bertz CT molecular complexity index is 856. The number of rotatable bonds is 6. The minimum Gasteiger partial charge on any atom is -0.497 e. The van der Waals surface area contributed by atoms with Crippen molar-refractivity contribution in [3.63, 3.8) is 0 Å². The van der Waals surface area contributed by atoms with E-state index in [1.54, 1.807) is 20.9 Å². The fourth-order valence-electron chi connectivity index (χ4n) is 2.42. The Morgan fingerprint density at radius 1 is 1.29 bits per heavy atom. The Morgan fingerprint density at radius 3 is 2.29 bits per heavy atom. The van der Waals surface area contributed by atoms with E-state index in [0.29, 0.717) is 22.7 Å². The summed E-state index contributed by atoms with van der Waals surface area (Å²) in [7, 11) is -0.888. The second kappa shape index (κ2) is 6.62. The van der Waals surface area contributed by atoms with Crippen LogP contribution in [0.3, 0.4) is 0 Å². The van der Waals surface area contributed by atoms with Crippen molar-refractivity contribution in [3.05, 3.63) is 41.2 Å². The zero-order valence-electron chi connectivity index (χ0n) is 13.8. The molecule has 0 saturated heterocycles. The summed E-state index contributed by atoms with van der Waals surface area (Å²) >= 11 is 0. The number of aryl methyl sites for hydroxylation is 2. The Morgan fingerprint density at radius 2 is 1.88 bits per heavy atom. The number of nitrogens with one attached hydrogen (secondary N) is 1. The summed E-state index contributed by atoms with van der Waals surface area (Å²) in [6, 6.07) is 4.26. The third-order valence-electron chi connectivity index (χ3n) is 3.74. The van der Waals surface area contributed by atoms with Gasteiger partial charge in [-0.2, -0.15) is 9.82 Å². The van der Waals surface area contributed by atoms with Crippen LogP contribution < -0.4 is 9.46 Å². The second-order valence-corrected chi connectivity index (χ2v) is 6.99. The van der Waals surface area contributed by atoms with E-state index in [1.807, 2.05) is 0 Å². The van der Waals surface area contributed by atoms with Crippen LogP contribution in [0.4, 0.5) is 0 Å². The number of hydrogen-bond donors (Lipinski definition) is 2. The molecular formula is C15H19N3O5S. The topological polar surface area (TPSA) is 111 Å². The molecule has 9 heteroatoms. The molecule has 1 heterocycles. The van der Waals surface area contributed by atoms with Crippen LogP contribution in [-0.4, -0.2) is 36.4 Å². The summed E-state index contributed by atoms with van der Waals surface area (Å²) in [5, 5.41) is 13.6. The molecule has 0 amide bonds. The first-order chi connectivity index (χ1) is 11.2. The summed E-state index contributed by atoms with van der Waals surface area (Å²) in [6.07, 6.45) is 0. The van der Waals surface area contributed by atoms with Crippen LogP contribution in [0.25, 0.3) is 0 Å². The minimum absolute atomic E-state index is 0.0475. The van der Waals surface area contributed by atoms with Crippen molar-refractivity contribution < 1.29 is 23.1 Å². The number of nitrogens with zero attached hydrogens (tertiary/aromatic N) is 2. The Labute approximate surface area is 140 Å². The van der Waals surface area contributed by atoms with Crippen molar-refractivity contribution in [2.75, 3.05) is 7.11 Å². The molecule has 2 aromatic rings. The van der Waals surface area contributed by atoms with Gasteiger partial charge in [-0.25, -0.2) is 8.42 Å². The standard InChI is InChI=1S/C15H19N3O5S/c1-9-13(10(2)18(3)16-9)14(15(19)20)17-24(21,22)12-7-5-11(23-4)6-8-12/h5-8,14,17H,1-4H3,(H,19,20). The summed E-state index contributed by atoms with van der Waals surface area (Å²) in [5.74, 6) is -0.797. The molecule has 1 atom stereocenters. The van der Waals surface area contributed by atoms with E-state index in [9.17, 15) is 18.3 Å². The molecule has 2 N–H and O–H groups in total. The molecule has 130 valence electrons. The zero-order chi connectivity index (χ0) is 18.1. The second-order valence-electron chi connectivity index (χ2n) is 5.28. The van der Waals surface area contributed by atoms with Gasteiger partial charge in [0.25, 0.3) is 0 Å². The lowest BCUT2D eigenvalue weighted by molar-refractivity contribution is -0.139. The first-order valence-electron chi connectivity index (χ1n) is 7.06. The maximum absolute atomic E-state index is 12.5. The fourth-order valence-corrected chi connectivity index (χ4v) is 3.58. The molecule has 0 saturated carbocycles. The summed E-state index contributed by atoms with van der Waals surface area (Å²) in [5.41, 5.74) is 1.37. The first kappa shape index (κ1) is 18.0. The molecule has 8 nitrogen and oxygen atoms in total. The van der Waals surface area contributed by atoms with Gasteiger partial charge in [-0.05, 0) is 38.1 Å². The number of carboxylic acid groups (broad SMARTS) is 1. The van der Waals surface area contributed by atoms with Gasteiger partial charge in [0.05, 0.1) is 17.7 Å². The van der Waals surface area contributed by atoms with Gasteiger partial charge in [0.15, 0.2) is 0 Å². The molecule has 0 spiro atoms. The van der Waals surface area contributed by atoms with Crippen molar-refractivity contribution >= 4 is 16.0 Å². The minimum atomic E-state index is -4.03. The smallest absolute Gasteiger partial charge is 0.326 e. The molecule has 0 aliphatic rings. The van der Waals surface area contributed by atoms with Gasteiger partial charge in [-0.15, -0.1) is 0 Å². The molecule has 1 aromatic carbocycles. The molecule has 0 aliphatic heterocycles. The van der Waals surface area contributed by atoms with Crippen molar-refractivity contribution in [2.45, 2.75) is 24.8 Å². The maximum Gasteiger partial charge on any atom is 0.326 e. The average molecular weight is 353 g/mol. The lowest BCUT2D eigenvalue weighted by Gasteiger charge is -2.16. The SMILES string of the molecule is COc1ccc(S(=O)(=O)NC(C(=O)O)c2c(C)nn(C)c2C)cc1. The Hall–Kier alpha value is -2.39. The van der Waals surface area contributed by atoms with Crippen LogP contribution in [0, 0.1) is 13.8 Å². The van der Waals surface area contributed by atoms with E-state index in [0.717, 1.165) is 0 Å². The van der Waals surface area contributed by atoms with E-state index in [2.05, 4.69) is 9.82 Å². The van der Waals surface area contributed by atoms with Gasteiger partial charge in [-0.1, -0.05) is 0 Å². The highest BCUT2D eigenvalue weighted by atomic mass is 32.2. The lowest BCUT2D eigenvalue weighted by atomic mass is 10.1.